The molecule has 0 saturated carbocycles. The number of hydrazone groups is 1. The number of carbonyl (C=O) groups is 1. The summed E-state index contributed by atoms with van der Waals surface area (Å²) in [7, 11) is 0. The van der Waals surface area contributed by atoms with Gasteiger partial charge in [-0.3, -0.25) is 5.43 Å². The van der Waals surface area contributed by atoms with Crippen LogP contribution in [0.5, 0.6) is 0 Å². The molecule has 0 aliphatic carbocycles. The van der Waals surface area contributed by atoms with Gasteiger partial charge in [0, 0.05) is 12.1 Å². The van der Waals surface area contributed by atoms with Crippen LogP contribution in [0.25, 0.3) is 0 Å². The molecular formula is C25H41N3O2S. The summed E-state index contributed by atoms with van der Waals surface area (Å²) >= 11 is 5.20. The highest BCUT2D eigenvalue weighted by Crippen LogP contribution is 2.12. The van der Waals surface area contributed by atoms with Gasteiger partial charge >= 0.3 is 5.97 Å². The molecule has 0 heterocycles. The molecule has 0 aliphatic heterocycles. The number of unbranched alkanes of at least 4 members (excludes halogenated alkanes) is 13. The predicted molar refractivity (Wildman–Crippen MR) is 135 cm³/mol. The molecule has 0 spiro atoms. The average Bonchev–Trinajstić information content (AvgIpc) is 2.76. The molecule has 1 aromatic rings. The smallest absolute Gasteiger partial charge is 0.336 e. The first-order valence-corrected chi connectivity index (χ1v) is 12.4. The Morgan fingerprint density at radius 3 is 1.97 bits per heavy atom. The molecular weight excluding hydrogens is 406 g/mol. The largest absolute Gasteiger partial charge is 0.478 e. The van der Waals surface area contributed by atoms with Crippen LogP contribution in [0.3, 0.4) is 0 Å². The van der Waals surface area contributed by atoms with Crippen LogP contribution in [0, 0.1) is 0 Å². The van der Waals surface area contributed by atoms with Crippen molar-refractivity contribution in [3.63, 3.8) is 0 Å². The Hall–Kier alpha value is -1.95. The SMILES string of the molecule is CCCCCCCCCCCCCCCCNC(=S)N/N=C/c1ccccc1C(=O)O. The monoisotopic (exact) mass is 447 g/mol. The first-order chi connectivity index (χ1) is 15.1. The number of benzene rings is 1. The molecule has 0 saturated heterocycles. The van der Waals surface area contributed by atoms with E-state index in [1.54, 1.807) is 24.3 Å². The van der Waals surface area contributed by atoms with Gasteiger partial charge in [-0.25, -0.2) is 4.79 Å². The van der Waals surface area contributed by atoms with Crippen molar-refractivity contribution in [2.75, 3.05) is 6.54 Å². The van der Waals surface area contributed by atoms with Gasteiger partial charge in [0.2, 0.25) is 0 Å². The standard InChI is InChI=1S/C25H41N3O2S/c1-2-3-4-5-6-7-8-9-10-11-12-13-14-17-20-26-25(31)28-27-21-22-18-15-16-19-23(22)24(29)30/h15-16,18-19,21H,2-14,17,20H2,1H3,(H,29,30)(H2,26,28,31)/b27-21+. The zero-order valence-corrected chi connectivity index (χ0v) is 20.0. The molecule has 1 aromatic carbocycles. The molecule has 0 fully saturated rings. The highest BCUT2D eigenvalue weighted by molar-refractivity contribution is 7.80. The lowest BCUT2D eigenvalue weighted by Gasteiger charge is -2.07. The number of carboxylic acids is 1. The number of nitrogens with one attached hydrogen (secondary N) is 2. The van der Waals surface area contributed by atoms with E-state index in [-0.39, 0.29) is 5.56 Å². The predicted octanol–water partition coefficient (Wildman–Crippen LogP) is 6.66. The zero-order chi connectivity index (χ0) is 22.6. The van der Waals surface area contributed by atoms with Crippen molar-refractivity contribution in [3.8, 4) is 0 Å². The molecule has 0 atom stereocenters. The third kappa shape index (κ3) is 14.6. The van der Waals surface area contributed by atoms with Gasteiger partial charge in [0.25, 0.3) is 0 Å². The first kappa shape index (κ1) is 27.1. The Morgan fingerprint density at radius 1 is 0.903 bits per heavy atom. The Balaban J connectivity index is 1.93. The molecule has 3 N–H and O–H groups in total. The van der Waals surface area contributed by atoms with Crippen LogP contribution < -0.4 is 10.7 Å². The molecule has 0 aliphatic rings. The maximum atomic E-state index is 11.2. The number of nitrogens with zero attached hydrogens (tertiary/aromatic N) is 1. The van der Waals surface area contributed by atoms with Gasteiger partial charge < -0.3 is 10.4 Å². The lowest BCUT2D eigenvalue weighted by Crippen LogP contribution is -2.32. The summed E-state index contributed by atoms with van der Waals surface area (Å²) in [5.74, 6) is -0.972. The quantitative estimate of drug-likeness (QED) is 0.101. The van der Waals surface area contributed by atoms with Crippen LogP contribution in [0.2, 0.25) is 0 Å². The minimum Gasteiger partial charge on any atom is -0.478 e. The summed E-state index contributed by atoms with van der Waals surface area (Å²) in [5.41, 5.74) is 3.50. The van der Waals surface area contributed by atoms with Gasteiger partial charge in [0.15, 0.2) is 5.11 Å². The minimum atomic E-state index is -0.972. The van der Waals surface area contributed by atoms with Gasteiger partial charge in [-0.1, -0.05) is 109 Å². The van der Waals surface area contributed by atoms with E-state index >= 15 is 0 Å². The fourth-order valence-corrected chi connectivity index (χ4v) is 3.68. The molecule has 5 nitrogen and oxygen atoms in total. The normalized spacial score (nSPS) is 11.0. The molecule has 0 aromatic heterocycles. The summed E-state index contributed by atoms with van der Waals surface area (Å²) in [5, 5.41) is 16.8. The van der Waals surface area contributed by atoms with Crippen molar-refractivity contribution < 1.29 is 9.90 Å². The third-order valence-corrected chi connectivity index (χ3v) is 5.61. The van der Waals surface area contributed by atoms with Crippen LogP contribution in [0.15, 0.2) is 29.4 Å². The summed E-state index contributed by atoms with van der Waals surface area (Å²) in [6.07, 6.45) is 20.3. The molecule has 0 bridgehead atoms. The number of rotatable bonds is 18. The Kier molecular flexibility index (Phi) is 16.4. The van der Waals surface area contributed by atoms with Crippen LogP contribution >= 0.6 is 12.2 Å². The van der Waals surface area contributed by atoms with Gasteiger partial charge in [-0.05, 0) is 24.7 Å². The van der Waals surface area contributed by atoms with Crippen LogP contribution in [-0.4, -0.2) is 28.9 Å². The maximum Gasteiger partial charge on any atom is 0.336 e. The number of hydrogen-bond donors (Lipinski definition) is 3. The fourth-order valence-electron chi connectivity index (χ4n) is 3.53. The van der Waals surface area contributed by atoms with Crippen molar-refractivity contribution >= 4 is 29.5 Å². The van der Waals surface area contributed by atoms with E-state index in [4.69, 9.17) is 17.3 Å². The van der Waals surface area contributed by atoms with Crippen LogP contribution in [0.4, 0.5) is 0 Å². The third-order valence-electron chi connectivity index (χ3n) is 5.38. The van der Waals surface area contributed by atoms with Gasteiger partial charge in [-0.2, -0.15) is 5.10 Å². The molecule has 6 heteroatoms. The van der Waals surface area contributed by atoms with E-state index in [1.165, 1.54) is 89.7 Å². The molecule has 0 unspecified atom stereocenters. The summed E-state index contributed by atoms with van der Waals surface area (Å²) in [6, 6.07) is 6.73. The second kappa shape index (κ2) is 18.8. The molecule has 174 valence electrons. The van der Waals surface area contributed by atoms with Gasteiger partial charge in [-0.15, -0.1) is 0 Å². The van der Waals surface area contributed by atoms with Crippen molar-refractivity contribution in [2.45, 2.75) is 96.8 Å². The maximum absolute atomic E-state index is 11.2. The highest BCUT2D eigenvalue weighted by Gasteiger charge is 2.06. The highest BCUT2D eigenvalue weighted by atomic mass is 32.1. The first-order valence-electron chi connectivity index (χ1n) is 12.0. The van der Waals surface area contributed by atoms with E-state index in [9.17, 15) is 4.79 Å². The number of carboxylic acid groups (broad SMARTS) is 1. The molecule has 31 heavy (non-hydrogen) atoms. The van der Waals surface area contributed by atoms with Gasteiger partial charge in [0.05, 0.1) is 11.8 Å². The van der Waals surface area contributed by atoms with E-state index < -0.39 is 5.97 Å². The Morgan fingerprint density at radius 2 is 1.42 bits per heavy atom. The Bertz CT molecular complexity index is 649. The summed E-state index contributed by atoms with van der Waals surface area (Å²) in [4.78, 5) is 11.2. The van der Waals surface area contributed by atoms with E-state index in [0.29, 0.717) is 10.7 Å². The van der Waals surface area contributed by atoms with Crippen LogP contribution in [0.1, 0.15) is 113 Å². The number of aromatic carboxylic acids is 1. The minimum absolute atomic E-state index is 0.217. The second-order valence-corrected chi connectivity index (χ2v) is 8.52. The topological polar surface area (TPSA) is 73.7 Å². The van der Waals surface area contributed by atoms with Crippen molar-refractivity contribution in [3.05, 3.63) is 35.4 Å². The molecule has 0 radical (unpaired) electrons. The summed E-state index contributed by atoms with van der Waals surface area (Å²) < 4.78 is 0. The van der Waals surface area contributed by atoms with Crippen LogP contribution in [-0.2, 0) is 0 Å². The van der Waals surface area contributed by atoms with Crippen molar-refractivity contribution in [1.29, 1.82) is 0 Å². The summed E-state index contributed by atoms with van der Waals surface area (Å²) in [6.45, 7) is 3.09. The van der Waals surface area contributed by atoms with E-state index in [1.807, 2.05) is 0 Å². The molecule has 1 rings (SSSR count). The molecule has 0 amide bonds. The average molecular weight is 448 g/mol. The fraction of sp³-hybridized carbons (Fsp3) is 0.640. The van der Waals surface area contributed by atoms with Crippen molar-refractivity contribution in [1.82, 2.24) is 10.7 Å². The van der Waals surface area contributed by atoms with E-state index in [2.05, 4.69) is 22.8 Å². The second-order valence-electron chi connectivity index (χ2n) is 8.11. The van der Waals surface area contributed by atoms with Gasteiger partial charge in [0.1, 0.15) is 0 Å². The zero-order valence-electron chi connectivity index (χ0n) is 19.2. The van der Waals surface area contributed by atoms with Crippen molar-refractivity contribution in [2.24, 2.45) is 5.10 Å². The van der Waals surface area contributed by atoms with E-state index in [0.717, 1.165) is 13.0 Å². The number of hydrogen-bond acceptors (Lipinski definition) is 3. The number of thiocarbonyl (C=S) groups is 1. The Labute approximate surface area is 194 Å². The lowest BCUT2D eigenvalue weighted by atomic mass is 10.0. The lowest BCUT2D eigenvalue weighted by molar-refractivity contribution is 0.0696.